The summed E-state index contributed by atoms with van der Waals surface area (Å²) in [6.45, 7) is 13.3. The molecule has 2 rings (SSSR count). The van der Waals surface area contributed by atoms with Crippen molar-refractivity contribution in [2.45, 2.75) is 79.1 Å². The van der Waals surface area contributed by atoms with Crippen molar-refractivity contribution in [1.82, 2.24) is 0 Å². The van der Waals surface area contributed by atoms with Crippen molar-refractivity contribution in [1.29, 1.82) is 0 Å². The lowest BCUT2D eigenvalue weighted by atomic mass is 9.74. The first-order chi connectivity index (χ1) is 13.7. The third-order valence-corrected chi connectivity index (χ3v) is 5.47. The maximum Gasteiger partial charge on any atom is 0.305 e. The van der Waals surface area contributed by atoms with Crippen LogP contribution in [0.2, 0.25) is 0 Å². The molecule has 2 aliphatic rings. The van der Waals surface area contributed by atoms with Crippen LogP contribution in [0.1, 0.15) is 66.7 Å². The average molecular weight is 403 g/mol. The summed E-state index contributed by atoms with van der Waals surface area (Å²) in [5, 5.41) is 0. The van der Waals surface area contributed by atoms with Crippen molar-refractivity contribution in [3.8, 4) is 0 Å². The highest BCUT2D eigenvalue weighted by Gasteiger charge is 2.42. The molecule has 1 unspecified atom stereocenters. The van der Waals surface area contributed by atoms with Crippen molar-refractivity contribution < 1.29 is 23.8 Å². The highest BCUT2D eigenvalue weighted by atomic mass is 16.7. The first-order valence-corrected chi connectivity index (χ1v) is 10.4. The van der Waals surface area contributed by atoms with Crippen molar-refractivity contribution >= 4 is 11.9 Å². The van der Waals surface area contributed by atoms with E-state index >= 15 is 0 Å². The highest BCUT2D eigenvalue weighted by Crippen LogP contribution is 2.43. The third kappa shape index (κ3) is 6.62. The van der Waals surface area contributed by atoms with E-state index in [1.54, 1.807) is 6.26 Å². The molecule has 0 saturated heterocycles. The van der Waals surface area contributed by atoms with Gasteiger partial charge in [0.15, 0.2) is 0 Å². The SMILES string of the molecule is C=C1CC/C=C(\C)CC[C@@H]2C(C(CC=C(C)C)OC(C)=O)=CO[C@@H](OC(C)=O)[C@@H]12. The van der Waals surface area contributed by atoms with E-state index < -0.39 is 12.4 Å². The molecule has 5 nitrogen and oxygen atoms in total. The number of ether oxygens (including phenoxy) is 3. The zero-order chi connectivity index (χ0) is 21.6. The van der Waals surface area contributed by atoms with Crippen LogP contribution < -0.4 is 0 Å². The molecule has 1 heterocycles. The molecule has 0 aromatic carbocycles. The zero-order valence-corrected chi connectivity index (χ0v) is 18.3. The molecule has 0 amide bonds. The van der Waals surface area contributed by atoms with E-state index in [0.29, 0.717) is 6.42 Å². The highest BCUT2D eigenvalue weighted by molar-refractivity contribution is 5.67. The van der Waals surface area contributed by atoms with Gasteiger partial charge in [0.25, 0.3) is 0 Å². The normalized spacial score (nSPS) is 27.3. The summed E-state index contributed by atoms with van der Waals surface area (Å²) in [4.78, 5) is 23.5. The van der Waals surface area contributed by atoms with Crippen LogP contribution in [0.25, 0.3) is 0 Å². The van der Waals surface area contributed by atoms with Gasteiger partial charge in [0.1, 0.15) is 6.10 Å². The van der Waals surface area contributed by atoms with Crippen LogP contribution in [0.3, 0.4) is 0 Å². The number of hydrogen-bond donors (Lipinski definition) is 0. The van der Waals surface area contributed by atoms with Gasteiger partial charge in [-0.15, -0.1) is 0 Å². The standard InChI is InChI=1S/C24H34O5/c1-15(2)10-13-22(28-18(5)25)21-14-27-24(29-19(6)26)23-17(4)9-7-8-16(3)11-12-20(21)23/h8,10,14,20,22-24H,4,7,9,11-13H2,1-3,5-6H3/b16-8+/t20-,22?,23+,24+/m1/s1. The molecular weight excluding hydrogens is 368 g/mol. The minimum absolute atomic E-state index is 0.0250. The molecule has 1 aliphatic carbocycles. The molecule has 0 radical (unpaired) electrons. The number of fused-ring (bicyclic) bond motifs is 1. The Kier molecular flexibility index (Phi) is 8.30. The Balaban J connectivity index is 2.45. The monoisotopic (exact) mass is 402 g/mol. The Morgan fingerprint density at radius 2 is 1.97 bits per heavy atom. The largest absolute Gasteiger partial charge is 0.462 e. The summed E-state index contributed by atoms with van der Waals surface area (Å²) >= 11 is 0. The Hall–Kier alpha value is -2.30. The average Bonchev–Trinajstić information content (AvgIpc) is 2.68. The molecule has 0 saturated carbocycles. The fraction of sp³-hybridized carbons (Fsp3) is 0.583. The van der Waals surface area contributed by atoms with Gasteiger partial charge in [-0.25, -0.2) is 0 Å². The van der Waals surface area contributed by atoms with Gasteiger partial charge in [-0.2, -0.15) is 0 Å². The van der Waals surface area contributed by atoms with Crippen LogP contribution in [0, 0.1) is 11.8 Å². The quantitative estimate of drug-likeness (QED) is 0.456. The van der Waals surface area contributed by atoms with E-state index in [1.165, 1.54) is 19.4 Å². The molecule has 0 N–H and O–H groups in total. The predicted octanol–water partition coefficient (Wildman–Crippen LogP) is 5.39. The van der Waals surface area contributed by atoms with E-state index in [4.69, 9.17) is 14.2 Å². The summed E-state index contributed by atoms with van der Waals surface area (Å²) in [7, 11) is 0. The summed E-state index contributed by atoms with van der Waals surface area (Å²) in [5.74, 6) is -0.844. The van der Waals surface area contributed by atoms with Crippen LogP contribution in [-0.4, -0.2) is 24.3 Å². The fourth-order valence-electron chi connectivity index (χ4n) is 4.07. The predicted molar refractivity (Wildman–Crippen MR) is 113 cm³/mol. The van der Waals surface area contributed by atoms with Crippen LogP contribution in [0.4, 0.5) is 0 Å². The number of esters is 2. The molecule has 4 atom stereocenters. The molecule has 0 bridgehead atoms. The number of allylic oxidation sites excluding steroid dienone is 3. The summed E-state index contributed by atoms with van der Waals surface area (Å²) < 4.78 is 17.1. The van der Waals surface area contributed by atoms with Crippen molar-refractivity contribution in [3.05, 3.63) is 47.3 Å². The second kappa shape index (κ2) is 10.5. The Bertz CT molecular complexity index is 724. The van der Waals surface area contributed by atoms with Gasteiger partial charge < -0.3 is 14.2 Å². The maximum absolute atomic E-state index is 11.8. The first-order valence-electron chi connectivity index (χ1n) is 10.4. The molecule has 29 heavy (non-hydrogen) atoms. The molecule has 5 heteroatoms. The van der Waals surface area contributed by atoms with Crippen molar-refractivity contribution in [2.24, 2.45) is 11.8 Å². The van der Waals surface area contributed by atoms with Crippen LogP contribution in [-0.2, 0) is 23.8 Å². The fourth-order valence-corrected chi connectivity index (χ4v) is 4.07. The topological polar surface area (TPSA) is 61.8 Å². The zero-order valence-electron chi connectivity index (χ0n) is 18.3. The van der Waals surface area contributed by atoms with Crippen LogP contribution in [0.5, 0.6) is 0 Å². The molecule has 0 aromatic heterocycles. The lowest BCUT2D eigenvalue weighted by Gasteiger charge is -2.40. The number of carbonyl (C=O) groups is 2. The Labute approximate surface area is 174 Å². The van der Waals surface area contributed by atoms with Crippen molar-refractivity contribution in [3.63, 3.8) is 0 Å². The van der Waals surface area contributed by atoms with Gasteiger partial charge in [-0.05, 0) is 46.5 Å². The molecule has 1 aliphatic heterocycles. The van der Waals surface area contributed by atoms with Gasteiger partial charge in [0, 0.05) is 31.8 Å². The van der Waals surface area contributed by atoms with Gasteiger partial charge >= 0.3 is 11.9 Å². The molecule has 0 fully saturated rings. The molecular formula is C24H34O5. The second-order valence-corrected chi connectivity index (χ2v) is 8.27. The Morgan fingerprint density at radius 3 is 2.59 bits per heavy atom. The second-order valence-electron chi connectivity index (χ2n) is 8.27. The summed E-state index contributed by atoms with van der Waals surface area (Å²) in [6.07, 6.45) is 8.92. The van der Waals surface area contributed by atoms with E-state index in [9.17, 15) is 9.59 Å². The maximum atomic E-state index is 11.8. The minimum Gasteiger partial charge on any atom is -0.462 e. The number of rotatable bonds is 5. The van der Waals surface area contributed by atoms with Gasteiger partial charge in [-0.1, -0.05) is 35.5 Å². The lowest BCUT2D eigenvalue weighted by molar-refractivity contribution is -0.181. The lowest BCUT2D eigenvalue weighted by Crippen LogP contribution is -2.41. The van der Waals surface area contributed by atoms with E-state index in [2.05, 4.69) is 25.7 Å². The minimum atomic E-state index is -0.700. The van der Waals surface area contributed by atoms with Gasteiger partial charge in [-0.3, -0.25) is 9.59 Å². The molecule has 160 valence electrons. The van der Waals surface area contributed by atoms with Gasteiger partial charge in [0.05, 0.1) is 12.2 Å². The Morgan fingerprint density at radius 1 is 1.24 bits per heavy atom. The third-order valence-electron chi connectivity index (χ3n) is 5.47. The summed E-state index contributed by atoms with van der Waals surface area (Å²) in [5.41, 5.74) is 4.43. The smallest absolute Gasteiger partial charge is 0.305 e. The van der Waals surface area contributed by atoms with E-state index in [-0.39, 0.29) is 23.8 Å². The number of hydrogen-bond acceptors (Lipinski definition) is 5. The first kappa shape index (κ1) is 23.0. The van der Waals surface area contributed by atoms with E-state index in [0.717, 1.165) is 42.4 Å². The van der Waals surface area contributed by atoms with Gasteiger partial charge in [0.2, 0.25) is 6.29 Å². The van der Waals surface area contributed by atoms with Crippen LogP contribution in [0.15, 0.2) is 47.3 Å². The van der Waals surface area contributed by atoms with Crippen molar-refractivity contribution in [2.75, 3.05) is 0 Å². The summed E-state index contributed by atoms with van der Waals surface area (Å²) in [6, 6.07) is 0. The number of carbonyl (C=O) groups excluding carboxylic acids is 2. The van der Waals surface area contributed by atoms with E-state index in [1.807, 2.05) is 13.8 Å². The molecule has 0 spiro atoms. The molecule has 0 aromatic rings. The van der Waals surface area contributed by atoms with Crippen LogP contribution >= 0.6 is 0 Å².